The quantitative estimate of drug-likeness (QED) is 0.490. The predicted octanol–water partition coefficient (Wildman–Crippen LogP) is 3.85. The van der Waals surface area contributed by atoms with Crippen LogP contribution in [0.3, 0.4) is 0 Å². The number of carbonyl (C=O) groups excluding carboxylic acids is 2. The predicted molar refractivity (Wildman–Crippen MR) is 111 cm³/mol. The van der Waals surface area contributed by atoms with Crippen LogP contribution < -0.4 is 10.9 Å². The summed E-state index contributed by atoms with van der Waals surface area (Å²) in [6.07, 6.45) is 3.26. The summed E-state index contributed by atoms with van der Waals surface area (Å²) in [4.78, 5) is 40.1. The molecule has 0 atom stereocenters. The molecule has 1 aliphatic rings. The second-order valence-corrected chi connectivity index (χ2v) is 6.81. The van der Waals surface area contributed by atoms with Gasteiger partial charge in [0.05, 0.1) is 5.52 Å². The zero-order chi connectivity index (χ0) is 20.1. The van der Waals surface area contributed by atoms with E-state index in [-0.39, 0.29) is 17.1 Å². The Kier molecular flexibility index (Phi) is 3.61. The Bertz CT molecular complexity index is 1450. The number of amides is 1. The molecule has 3 N–H and O–H groups in total. The van der Waals surface area contributed by atoms with E-state index in [1.165, 1.54) is 6.08 Å². The fourth-order valence-electron chi connectivity index (χ4n) is 3.76. The number of H-pyrrole nitrogens is 1. The normalized spacial score (nSPS) is 12.5. The molecule has 0 unspecified atom stereocenters. The molecule has 0 bridgehead atoms. The molecule has 1 aromatic heterocycles. The number of ketones is 1. The molecule has 140 valence electrons. The SMILES string of the molecule is O=C(Nc1ccc2c3c(cccc13)C(=O)C=C2)c1c(O)c2ccccc2[nH]c1=O. The van der Waals surface area contributed by atoms with Crippen LogP contribution in [0.4, 0.5) is 5.69 Å². The van der Waals surface area contributed by atoms with Crippen molar-refractivity contribution in [2.24, 2.45) is 0 Å². The fourth-order valence-corrected chi connectivity index (χ4v) is 3.76. The van der Waals surface area contributed by atoms with Crippen molar-refractivity contribution in [3.05, 3.63) is 87.7 Å². The number of nitrogens with one attached hydrogen (secondary N) is 2. The summed E-state index contributed by atoms with van der Waals surface area (Å²) in [6.45, 7) is 0. The van der Waals surface area contributed by atoms with Crippen LogP contribution in [-0.2, 0) is 0 Å². The van der Waals surface area contributed by atoms with Gasteiger partial charge in [-0.3, -0.25) is 14.4 Å². The molecule has 6 heteroatoms. The molecular weight excluding hydrogens is 368 g/mol. The number of aromatic hydroxyl groups is 1. The number of pyridine rings is 1. The average Bonchev–Trinajstić information content (AvgIpc) is 2.72. The third-order valence-corrected chi connectivity index (χ3v) is 5.12. The van der Waals surface area contributed by atoms with Gasteiger partial charge >= 0.3 is 0 Å². The Labute approximate surface area is 164 Å². The van der Waals surface area contributed by atoms with Gasteiger partial charge < -0.3 is 15.4 Å². The molecule has 0 fully saturated rings. The van der Waals surface area contributed by atoms with Crippen molar-refractivity contribution in [2.45, 2.75) is 0 Å². The Morgan fingerprint density at radius 3 is 2.55 bits per heavy atom. The van der Waals surface area contributed by atoms with Gasteiger partial charge in [0.1, 0.15) is 11.3 Å². The third-order valence-electron chi connectivity index (χ3n) is 5.12. The first-order valence-corrected chi connectivity index (χ1v) is 8.98. The van der Waals surface area contributed by atoms with Crippen molar-refractivity contribution in [2.75, 3.05) is 5.32 Å². The molecule has 6 nitrogen and oxygen atoms in total. The minimum absolute atomic E-state index is 0.102. The molecule has 0 spiro atoms. The summed E-state index contributed by atoms with van der Waals surface area (Å²) in [5, 5.41) is 15.0. The molecule has 0 saturated heterocycles. The van der Waals surface area contributed by atoms with E-state index in [0.717, 1.165) is 10.9 Å². The Hall–Kier alpha value is -4.19. The van der Waals surface area contributed by atoms with E-state index in [0.29, 0.717) is 27.5 Å². The lowest BCUT2D eigenvalue weighted by molar-refractivity contribution is 0.102. The zero-order valence-corrected chi connectivity index (χ0v) is 15.0. The monoisotopic (exact) mass is 382 g/mol. The Balaban J connectivity index is 1.64. The first-order chi connectivity index (χ1) is 14.0. The van der Waals surface area contributed by atoms with Crippen LogP contribution in [0.25, 0.3) is 27.8 Å². The van der Waals surface area contributed by atoms with Crippen molar-refractivity contribution in [3.8, 4) is 5.75 Å². The van der Waals surface area contributed by atoms with Crippen molar-refractivity contribution < 1.29 is 14.7 Å². The van der Waals surface area contributed by atoms with Gasteiger partial charge in [-0.2, -0.15) is 0 Å². The summed E-state index contributed by atoms with van der Waals surface area (Å²) >= 11 is 0. The van der Waals surface area contributed by atoms with E-state index in [4.69, 9.17) is 0 Å². The Morgan fingerprint density at radius 2 is 1.69 bits per heavy atom. The smallest absolute Gasteiger partial charge is 0.265 e. The van der Waals surface area contributed by atoms with Crippen LogP contribution in [-0.4, -0.2) is 21.8 Å². The van der Waals surface area contributed by atoms with Gasteiger partial charge in [0, 0.05) is 27.4 Å². The highest BCUT2D eigenvalue weighted by atomic mass is 16.3. The highest BCUT2D eigenvalue weighted by Gasteiger charge is 2.21. The minimum Gasteiger partial charge on any atom is -0.506 e. The van der Waals surface area contributed by atoms with Crippen molar-refractivity contribution in [1.82, 2.24) is 4.98 Å². The second-order valence-electron chi connectivity index (χ2n) is 6.81. The summed E-state index contributed by atoms with van der Waals surface area (Å²) in [7, 11) is 0. The number of hydrogen-bond acceptors (Lipinski definition) is 4. The summed E-state index contributed by atoms with van der Waals surface area (Å²) in [5.41, 5.74) is 1.28. The number of fused-ring (bicyclic) bond motifs is 1. The van der Waals surface area contributed by atoms with Crippen LogP contribution in [0.15, 0.2) is 65.5 Å². The molecule has 1 aliphatic carbocycles. The van der Waals surface area contributed by atoms with Gasteiger partial charge in [-0.1, -0.05) is 42.5 Å². The molecule has 1 heterocycles. The minimum atomic E-state index is -0.729. The average molecular weight is 382 g/mol. The third kappa shape index (κ3) is 2.54. The number of aromatic amines is 1. The van der Waals surface area contributed by atoms with Gasteiger partial charge in [-0.15, -0.1) is 0 Å². The standard InChI is InChI=1S/C23H14N2O4/c26-18-11-9-12-8-10-17(13-5-3-6-15(18)19(12)13)25-23(29)20-21(27)14-4-1-2-7-16(14)24-22(20)28/h1-11H,(H,25,29)(H2,24,27,28). The number of rotatable bonds is 2. The number of aromatic nitrogens is 1. The second kappa shape index (κ2) is 6.17. The molecule has 0 saturated carbocycles. The lowest BCUT2D eigenvalue weighted by atomic mass is 9.91. The zero-order valence-electron chi connectivity index (χ0n) is 15.0. The lowest BCUT2D eigenvalue weighted by Crippen LogP contribution is -2.23. The van der Waals surface area contributed by atoms with Crippen LogP contribution in [0.2, 0.25) is 0 Å². The van der Waals surface area contributed by atoms with Gasteiger partial charge in [-0.25, -0.2) is 0 Å². The fraction of sp³-hybridized carbons (Fsp3) is 0. The van der Waals surface area contributed by atoms with Crippen molar-refractivity contribution in [3.63, 3.8) is 0 Å². The molecule has 5 rings (SSSR count). The molecule has 1 amide bonds. The molecular formula is C23H14N2O4. The van der Waals surface area contributed by atoms with E-state index < -0.39 is 11.5 Å². The van der Waals surface area contributed by atoms with Gasteiger partial charge in [0.15, 0.2) is 5.78 Å². The summed E-state index contributed by atoms with van der Waals surface area (Å²) < 4.78 is 0. The van der Waals surface area contributed by atoms with Crippen molar-refractivity contribution >= 4 is 45.1 Å². The number of hydrogen-bond donors (Lipinski definition) is 3. The van der Waals surface area contributed by atoms with Gasteiger partial charge in [0.2, 0.25) is 0 Å². The molecule has 29 heavy (non-hydrogen) atoms. The molecule has 4 aromatic rings. The van der Waals surface area contributed by atoms with E-state index in [2.05, 4.69) is 10.3 Å². The topological polar surface area (TPSA) is 99.3 Å². The maximum absolute atomic E-state index is 12.9. The number of para-hydroxylation sites is 1. The summed E-state index contributed by atoms with van der Waals surface area (Å²) in [5.74, 6) is -1.20. The van der Waals surface area contributed by atoms with Crippen molar-refractivity contribution in [1.29, 1.82) is 0 Å². The Morgan fingerprint density at radius 1 is 0.897 bits per heavy atom. The largest absolute Gasteiger partial charge is 0.506 e. The van der Waals surface area contributed by atoms with Gasteiger partial charge in [-0.05, 0) is 29.8 Å². The molecule has 0 aliphatic heterocycles. The summed E-state index contributed by atoms with van der Waals surface area (Å²) in [6, 6.07) is 15.5. The molecule has 3 aromatic carbocycles. The first-order valence-electron chi connectivity index (χ1n) is 8.98. The molecule has 0 radical (unpaired) electrons. The number of carbonyl (C=O) groups is 2. The highest BCUT2D eigenvalue weighted by molar-refractivity contribution is 6.22. The number of anilines is 1. The van der Waals surface area contributed by atoms with E-state index in [9.17, 15) is 19.5 Å². The van der Waals surface area contributed by atoms with Crippen LogP contribution >= 0.6 is 0 Å². The van der Waals surface area contributed by atoms with Crippen LogP contribution in [0, 0.1) is 0 Å². The van der Waals surface area contributed by atoms with Gasteiger partial charge in [0.25, 0.3) is 11.5 Å². The van der Waals surface area contributed by atoms with E-state index in [1.54, 1.807) is 60.7 Å². The highest BCUT2D eigenvalue weighted by Crippen LogP contribution is 2.34. The van der Waals surface area contributed by atoms with Crippen LogP contribution in [0.1, 0.15) is 26.3 Å². The maximum Gasteiger partial charge on any atom is 0.265 e. The first kappa shape index (κ1) is 16.9. The maximum atomic E-state index is 12.9. The number of benzene rings is 3. The van der Waals surface area contributed by atoms with Crippen LogP contribution in [0.5, 0.6) is 5.75 Å². The van der Waals surface area contributed by atoms with E-state index in [1.807, 2.05) is 0 Å². The lowest BCUT2D eigenvalue weighted by Gasteiger charge is -2.16. The van der Waals surface area contributed by atoms with E-state index >= 15 is 0 Å². The number of allylic oxidation sites excluding steroid dienone is 1.